The summed E-state index contributed by atoms with van der Waals surface area (Å²) in [7, 11) is 1.59. The molecule has 0 spiro atoms. The number of rotatable bonds is 7. The van der Waals surface area contributed by atoms with E-state index in [1.54, 1.807) is 55.6 Å². The molecular formula is C21H23N3O3. The molecule has 6 heteroatoms. The third-order valence-electron chi connectivity index (χ3n) is 4.40. The van der Waals surface area contributed by atoms with Crippen LogP contribution in [-0.4, -0.2) is 22.8 Å². The standard InChI is InChI=1S/C21H23N3O3/c1-3-4-7-14-24-21(26)18-9-6-5-8-17(18)19(23-24)20(25)22-15-10-12-16(27-2)13-11-15/h5-6,8-13H,3-4,7,14H2,1-2H3,(H,22,25). The number of aryl methyl sites for hydroxylation is 1. The van der Waals surface area contributed by atoms with Gasteiger partial charge in [0, 0.05) is 17.6 Å². The minimum Gasteiger partial charge on any atom is -0.497 e. The number of fused-ring (bicyclic) bond motifs is 1. The van der Waals surface area contributed by atoms with E-state index in [2.05, 4.69) is 17.3 Å². The van der Waals surface area contributed by atoms with Crippen LogP contribution < -0.4 is 15.6 Å². The zero-order valence-corrected chi connectivity index (χ0v) is 15.6. The summed E-state index contributed by atoms with van der Waals surface area (Å²) in [6.07, 6.45) is 2.91. The van der Waals surface area contributed by atoms with Crippen LogP contribution in [0.4, 0.5) is 5.69 Å². The Morgan fingerprint density at radius 1 is 1.07 bits per heavy atom. The van der Waals surface area contributed by atoms with Crippen LogP contribution in [0.3, 0.4) is 0 Å². The van der Waals surface area contributed by atoms with Crippen LogP contribution in [0.1, 0.15) is 36.7 Å². The molecule has 1 aromatic heterocycles. The van der Waals surface area contributed by atoms with Crippen molar-refractivity contribution in [2.24, 2.45) is 0 Å². The Bertz CT molecular complexity index is 994. The molecule has 1 amide bonds. The Labute approximate surface area is 157 Å². The quantitative estimate of drug-likeness (QED) is 0.646. The van der Waals surface area contributed by atoms with Gasteiger partial charge in [-0.05, 0) is 36.8 Å². The number of methoxy groups -OCH3 is 1. The molecule has 0 unspecified atom stereocenters. The smallest absolute Gasteiger partial charge is 0.276 e. The van der Waals surface area contributed by atoms with E-state index < -0.39 is 0 Å². The van der Waals surface area contributed by atoms with E-state index in [1.807, 2.05) is 0 Å². The number of ether oxygens (including phenoxy) is 1. The fraction of sp³-hybridized carbons (Fsp3) is 0.286. The van der Waals surface area contributed by atoms with Crippen molar-refractivity contribution in [1.82, 2.24) is 9.78 Å². The molecule has 140 valence electrons. The normalized spacial score (nSPS) is 10.7. The molecule has 3 rings (SSSR count). The van der Waals surface area contributed by atoms with Crippen molar-refractivity contribution in [3.05, 3.63) is 64.6 Å². The van der Waals surface area contributed by atoms with Crippen molar-refractivity contribution in [3.63, 3.8) is 0 Å². The van der Waals surface area contributed by atoms with Gasteiger partial charge in [0.2, 0.25) is 0 Å². The summed E-state index contributed by atoms with van der Waals surface area (Å²) in [6, 6.07) is 14.1. The van der Waals surface area contributed by atoms with Gasteiger partial charge < -0.3 is 10.1 Å². The van der Waals surface area contributed by atoms with Gasteiger partial charge in [0.05, 0.1) is 12.5 Å². The third kappa shape index (κ3) is 4.16. The zero-order valence-electron chi connectivity index (χ0n) is 15.6. The molecule has 1 heterocycles. The minimum atomic E-state index is -0.347. The Balaban J connectivity index is 1.96. The number of hydrogen-bond donors (Lipinski definition) is 1. The lowest BCUT2D eigenvalue weighted by Gasteiger charge is -2.11. The molecular weight excluding hydrogens is 342 g/mol. The fourth-order valence-corrected chi connectivity index (χ4v) is 2.93. The molecule has 0 saturated carbocycles. The predicted octanol–water partition coefficient (Wildman–Crippen LogP) is 3.85. The molecule has 0 saturated heterocycles. The maximum absolute atomic E-state index is 12.9. The van der Waals surface area contributed by atoms with Gasteiger partial charge in [-0.1, -0.05) is 38.0 Å². The van der Waals surface area contributed by atoms with Gasteiger partial charge in [-0.15, -0.1) is 0 Å². The number of anilines is 1. The first-order valence-corrected chi connectivity index (χ1v) is 9.09. The van der Waals surface area contributed by atoms with Gasteiger partial charge in [0.25, 0.3) is 11.5 Å². The van der Waals surface area contributed by atoms with Crippen LogP contribution in [0, 0.1) is 0 Å². The van der Waals surface area contributed by atoms with Gasteiger partial charge >= 0.3 is 0 Å². The molecule has 0 fully saturated rings. The van der Waals surface area contributed by atoms with Gasteiger partial charge in [-0.25, -0.2) is 4.68 Å². The average Bonchev–Trinajstić information content (AvgIpc) is 2.70. The number of aromatic nitrogens is 2. The Kier molecular flexibility index (Phi) is 5.86. The minimum absolute atomic E-state index is 0.164. The van der Waals surface area contributed by atoms with Crippen LogP contribution in [0.5, 0.6) is 5.75 Å². The molecule has 27 heavy (non-hydrogen) atoms. The second-order valence-corrected chi connectivity index (χ2v) is 6.31. The van der Waals surface area contributed by atoms with Crippen molar-refractivity contribution in [1.29, 1.82) is 0 Å². The van der Waals surface area contributed by atoms with Gasteiger partial charge in [0.1, 0.15) is 5.75 Å². The lowest BCUT2D eigenvalue weighted by atomic mass is 10.1. The number of hydrogen-bond acceptors (Lipinski definition) is 4. The highest BCUT2D eigenvalue weighted by molar-refractivity contribution is 6.11. The molecule has 6 nitrogen and oxygen atoms in total. The molecule has 0 aliphatic rings. The number of benzene rings is 2. The number of nitrogens with zero attached hydrogens (tertiary/aromatic N) is 2. The highest BCUT2D eigenvalue weighted by atomic mass is 16.5. The van der Waals surface area contributed by atoms with Crippen LogP contribution in [-0.2, 0) is 6.54 Å². The first-order chi connectivity index (χ1) is 13.1. The maximum Gasteiger partial charge on any atom is 0.276 e. The summed E-state index contributed by atoms with van der Waals surface area (Å²) in [5.41, 5.74) is 0.718. The van der Waals surface area contributed by atoms with Crippen molar-refractivity contribution >= 4 is 22.4 Å². The molecule has 0 radical (unpaired) electrons. The third-order valence-corrected chi connectivity index (χ3v) is 4.40. The van der Waals surface area contributed by atoms with Crippen molar-refractivity contribution < 1.29 is 9.53 Å². The lowest BCUT2D eigenvalue weighted by molar-refractivity contribution is 0.102. The molecule has 3 aromatic rings. The maximum atomic E-state index is 12.9. The zero-order chi connectivity index (χ0) is 19.2. The van der Waals surface area contributed by atoms with Gasteiger partial charge in [-0.2, -0.15) is 5.10 Å². The summed E-state index contributed by atoms with van der Waals surface area (Å²) >= 11 is 0. The van der Waals surface area contributed by atoms with Crippen LogP contribution >= 0.6 is 0 Å². The fourth-order valence-electron chi connectivity index (χ4n) is 2.93. The summed E-state index contributed by atoms with van der Waals surface area (Å²) in [5.74, 6) is 0.363. The highest BCUT2D eigenvalue weighted by Crippen LogP contribution is 2.18. The monoisotopic (exact) mass is 365 g/mol. The summed E-state index contributed by atoms with van der Waals surface area (Å²) in [4.78, 5) is 25.5. The molecule has 0 aliphatic carbocycles. The summed E-state index contributed by atoms with van der Waals surface area (Å²) < 4.78 is 6.53. The van der Waals surface area contributed by atoms with E-state index in [9.17, 15) is 9.59 Å². The van der Waals surface area contributed by atoms with Gasteiger partial charge in [0.15, 0.2) is 5.69 Å². The molecule has 0 aliphatic heterocycles. The second-order valence-electron chi connectivity index (χ2n) is 6.31. The molecule has 0 bridgehead atoms. The lowest BCUT2D eigenvalue weighted by Crippen LogP contribution is -2.27. The largest absolute Gasteiger partial charge is 0.497 e. The molecule has 0 atom stereocenters. The van der Waals surface area contributed by atoms with Crippen LogP contribution in [0.2, 0.25) is 0 Å². The topological polar surface area (TPSA) is 73.2 Å². The molecule has 2 aromatic carbocycles. The van der Waals surface area contributed by atoms with E-state index in [1.165, 1.54) is 4.68 Å². The van der Waals surface area contributed by atoms with Crippen LogP contribution in [0.25, 0.3) is 10.8 Å². The second kappa shape index (κ2) is 8.49. The van der Waals surface area contributed by atoms with Gasteiger partial charge in [-0.3, -0.25) is 9.59 Å². The number of amides is 1. The van der Waals surface area contributed by atoms with E-state index in [0.717, 1.165) is 19.3 Å². The van der Waals surface area contributed by atoms with Crippen molar-refractivity contribution in [3.8, 4) is 5.75 Å². The number of unbranched alkanes of at least 4 members (excludes halogenated alkanes) is 2. The van der Waals surface area contributed by atoms with Crippen molar-refractivity contribution in [2.45, 2.75) is 32.7 Å². The molecule has 1 N–H and O–H groups in total. The highest BCUT2D eigenvalue weighted by Gasteiger charge is 2.16. The van der Waals surface area contributed by atoms with E-state index >= 15 is 0 Å². The first-order valence-electron chi connectivity index (χ1n) is 9.09. The van der Waals surface area contributed by atoms with E-state index in [0.29, 0.717) is 28.8 Å². The summed E-state index contributed by atoms with van der Waals surface area (Å²) in [6.45, 7) is 2.60. The Morgan fingerprint density at radius 2 is 1.78 bits per heavy atom. The number of carbonyl (C=O) groups is 1. The summed E-state index contributed by atoms with van der Waals surface area (Å²) in [5, 5.41) is 8.27. The number of carbonyl (C=O) groups excluding carboxylic acids is 1. The van der Waals surface area contributed by atoms with E-state index in [4.69, 9.17) is 4.74 Å². The Morgan fingerprint density at radius 3 is 2.44 bits per heavy atom. The number of nitrogens with one attached hydrogen (secondary N) is 1. The van der Waals surface area contributed by atoms with E-state index in [-0.39, 0.29) is 17.2 Å². The van der Waals surface area contributed by atoms with Crippen LogP contribution in [0.15, 0.2) is 53.3 Å². The predicted molar refractivity (Wildman–Crippen MR) is 106 cm³/mol. The SMILES string of the molecule is CCCCCn1nc(C(=O)Nc2ccc(OC)cc2)c2ccccc2c1=O. The van der Waals surface area contributed by atoms with Crippen molar-refractivity contribution in [2.75, 3.05) is 12.4 Å². The first kappa shape index (κ1) is 18.6. The average molecular weight is 365 g/mol. The Hall–Kier alpha value is -3.15.